The van der Waals surface area contributed by atoms with Crippen LogP contribution in [0.25, 0.3) is 0 Å². The van der Waals surface area contributed by atoms with Gasteiger partial charge < -0.3 is 10.4 Å². The van der Waals surface area contributed by atoms with Crippen molar-refractivity contribution < 1.29 is 5.11 Å². The van der Waals surface area contributed by atoms with Crippen LogP contribution in [0.5, 0.6) is 0 Å². The summed E-state index contributed by atoms with van der Waals surface area (Å²) in [5, 5.41) is 13.7. The fourth-order valence-electron chi connectivity index (χ4n) is 2.39. The van der Waals surface area contributed by atoms with E-state index in [2.05, 4.69) is 5.32 Å². The molecule has 0 radical (unpaired) electrons. The van der Waals surface area contributed by atoms with Crippen molar-refractivity contribution in [3.05, 3.63) is 33.8 Å². The summed E-state index contributed by atoms with van der Waals surface area (Å²) >= 11 is 12.0. The highest BCUT2D eigenvalue weighted by molar-refractivity contribution is 6.42. The third-order valence-electron chi connectivity index (χ3n) is 3.37. The van der Waals surface area contributed by atoms with E-state index in [-0.39, 0.29) is 12.0 Å². The predicted molar refractivity (Wildman–Crippen MR) is 67.3 cm³/mol. The first-order chi connectivity index (χ1) is 7.68. The van der Waals surface area contributed by atoms with Crippen LogP contribution in [0.15, 0.2) is 18.2 Å². The minimum atomic E-state index is 0.0168. The van der Waals surface area contributed by atoms with Crippen LogP contribution >= 0.6 is 23.2 Å². The van der Waals surface area contributed by atoms with Crippen LogP contribution in [0, 0.1) is 0 Å². The average molecular weight is 260 g/mol. The number of nitrogens with one attached hydrogen (secondary N) is 1. The van der Waals surface area contributed by atoms with Gasteiger partial charge >= 0.3 is 0 Å². The lowest BCUT2D eigenvalue weighted by Gasteiger charge is -2.28. The highest BCUT2D eigenvalue weighted by Gasteiger charge is 2.35. The second-order valence-electron chi connectivity index (χ2n) is 4.31. The van der Waals surface area contributed by atoms with Crippen molar-refractivity contribution in [3.8, 4) is 0 Å². The Hall–Kier alpha value is -0.280. The van der Waals surface area contributed by atoms with Gasteiger partial charge in [0.15, 0.2) is 0 Å². The maximum Gasteiger partial charge on any atom is 0.0595 e. The molecule has 0 aliphatic carbocycles. The van der Waals surface area contributed by atoms with Crippen molar-refractivity contribution in [1.82, 2.24) is 5.32 Å². The molecule has 4 heteroatoms. The highest BCUT2D eigenvalue weighted by atomic mass is 35.5. The van der Waals surface area contributed by atoms with Gasteiger partial charge in [0.1, 0.15) is 0 Å². The second kappa shape index (κ2) is 4.92. The van der Waals surface area contributed by atoms with Crippen molar-refractivity contribution in [2.24, 2.45) is 0 Å². The average Bonchev–Trinajstić information content (AvgIpc) is 2.72. The van der Waals surface area contributed by atoms with E-state index in [1.54, 1.807) is 0 Å². The lowest BCUT2D eigenvalue weighted by molar-refractivity contribution is 0.244. The van der Waals surface area contributed by atoms with Gasteiger partial charge in [-0.3, -0.25) is 0 Å². The van der Waals surface area contributed by atoms with Crippen molar-refractivity contribution >= 4 is 23.2 Å². The molecule has 0 amide bonds. The lowest BCUT2D eigenvalue weighted by Crippen LogP contribution is -2.30. The number of hydrogen-bond acceptors (Lipinski definition) is 2. The molecule has 2 rings (SSSR count). The monoisotopic (exact) mass is 259 g/mol. The van der Waals surface area contributed by atoms with Crippen molar-refractivity contribution in [3.63, 3.8) is 0 Å². The standard InChI is InChI=1S/C12H15Cl2NO/c13-10-2-1-9(7-11(10)14)12(4-6-16)3-5-15-8-12/h1-2,7,15-16H,3-6,8H2/t12-/m0/s1. The Kier molecular flexibility index (Phi) is 3.75. The van der Waals surface area contributed by atoms with Crippen LogP contribution < -0.4 is 5.32 Å². The van der Waals surface area contributed by atoms with Gasteiger partial charge in [0.2, 0.25) is 0 Å². The van der Waals surface area contributed by atoms with Crippen LogP contribution in [0.1, 0.15) is 18.4 Å². The Bertz CT molecular complexity index is 375. The zero-order valence-corrected chi connectivity index (χ0v) is 10.5. The van der Waals surface area contributed by atoms with E-state index >= 15 is 0 Å². The van der Waals surface area contributed by atoms with Gasteiger partial charge in [-0.2, -0.15) is 0 Å². The Morgan fingerprint density at radius 1 is 1.31 bits per heavy atom. The SMILES string of the molecule is OCC[C@@]1(c2ccc(Cl)c(Cl)c2)CCNC1. The fourth-order valence-corrected chi connectivity index (χ4v) is 2.69. The van der Waals surface area contributed by atoms with Crippen LogP contribution in [-0.2, 0) is 5.41 Å². The van der Waals surface area contributed by atoms with E-state index in [1.165, 1.54) is 5.56 Å². The smallest absolute Gasteiger partial charge is 0.0595 e. The minimum Gasteiger partial charge on any atom is -0.396 e. The molecular formula is C12H15Cl2NO. The van der Waals surface area contributed by atoms with Crippen molar-refractivity contribution in [2.45, 2.75) is 18.3 Å². The maximum absolute atomic E-state index is 9.19. The molecule has 2 nitrogen and oxygen atoms in total. The summed E-state index contributed by atoms with van der Waals surface area (Å²) in [5.41, 5.74) is 1.18. The summed E-state index contributed by atoms with van der Waals surface area (Å²) in [6.07, 6.45) is 1.80. The molecule has 1 aliphatic rings. The van der Waals surface area contributed by atoms with Gasteiger partial charge in [-0.05, 0) is 37.1 Å². The molecule has 0 saturated carbocycles. The molecule has 0 aromatic heterocycles. The van der Waals surface area contributed by atoms with Crippen molar-refractivity contribution in [1.29, 1.82) is 0 Å². The number of hydrogen-bond donors (Lipinski definition) is 2. The summed E-state index contributed by atoms with van der Waals surface area (Å²) in [6, 6.07) is 5.76. The van der Waals surface area contributed by atoms with Gasteiger partial charge in [0, 0.05) is 18.6 Å². The van der Waals surface area contributed by atoms with Crippen molar-refractivity contribution in [2.75, 3.05) is 19.7 Å². The molecule has 0 spiro atoms. The molecule has 1 heterocycles. The summed E-state index contributed by atoms with van der Waals surface area (Å²) in [4.78, 5) is 0. The van der Waals surface area contributed by atoms with Crippen LogP contribution in [0.2, 0.25) is 10.0 Å². The van der Waals surface area contributed by atoms with Gasteiger partial charge in [-0.25, -0.2) is 0 Å². The third kappa shape index (κ3) is 2.21. The number of benzene rings is 1. The Morgan fingerprint density at radius 3 is 2.69 bits per heavy atom. The van der Waals surface area contributed by atoms with Crippen LogP contribution in [0.4, 0.5) is 0 Å². The minimum absolute atomic E-state index is 0.0168. The van der Waals surface area contributed by atoms with E-state index in [0.717, 1.165) is 25.9 Å². The highest BCUT2D eigenvalue weighted by Crippen LogP contribution is 2.36. The fraction of sp³-hybridized carbons (Fsp3) is 0.500. The lowest BCUT2D eigenvalue weighted by atomic mass is 9.77. The third-order valence-corrected chi connectivity index (χ3v) is 4.11. The van der Waals surface area contributed by atoms with Gasteiger partial charge in [-0.15, -0.1) is 0 Å². The molecule has 1 saturated heterocycles. The van der Waals surface area contributed by atoms with Gasteiger partial charge in [0.25, 0.3) is 0 Å². The summed E-state index contributed by atoms with van der Waals surface area (Å²) < 4.78 is 0. The zero-order valence-electron chi connectivity index (χ0n) is 8.97. The molecule has 88 valence electrons. The van der Waals surface area contributed by atoms with E-state index in [1.807, 2.05) is 18.2 Å². The van der Waals surface area contributed by atoms with E-state index in [0.29, 0.717) is 10.0 Å². The summed E-state index contributed by atoms with van der Waals surface area (Å²) in [6.45, 7) is 2.08. The molecule has 2 N–H and O–H groups in total. The number of aliphatic hydroxyl groups excluding tert-OH is 1. The first-order valence-corrected chi connectivity index (χ1v) is 6.21. The Balaban J connectivity index is 2.35. The van der Waals surface area contributed by atoms with E-state index in [9.17, 15) is 5.11 Å². The molecule has 16 heavy (non-hydrogen) atoms. The van der Waals surface area contributed by atoms with E-state index in [4.69, 9.17) is 23.2 Å². The van der Waals surface area contributed by atoms with E-state index < -0.39 is 0 Å². The molecular weight excluding hydrogens is 245 g/mol. The molecule has 0 unspecified atom stereocenters. The molecule has 1 aromatic rings. The summed E-state index contributed by atoms with van der Waals surface area (Å²) in [5.74, 6) is 0. The zero-order chi connectivity index (χ0) is 11.6. The van der Waals surface area contributed by atoms with Crippen LogP contribution in [-0.4, -0.2) is 24.8 Å². The predicted octanol–water partition coefficient (Wildman–Crippen LogP) is 2.61. The molecule has 1 fully saturated rings. The number of rotatable bonds is 3. The normalized spacial score (nSPS) is 24.9. The summed E-state index contributed by atoms with van der Waals surface area (Å²) in [7, 11) is 0. The number of aliphatic hydroxyl groups is 1. The Morgan fingerprint density at radius 2 is 2.12 bits per heavy atom. The topological polar surface area (TPSA) is 32.3 Å². The second-order valence-corrected chi connectivity index (χ2v) is 5.12. The number of halogens is 2. The largest absolute Gasteiger partial charge is 0.396 e. The first kappa shape index (κ1) is 12.2. The molecule has 1 atom stereocenters. The van der Waals surface area contributed by atoms with Gasteiger partial charge in [-0.1, -0.05) is 29.3 Å². The first-order valence-electron chi connectivity index (χ1n) is 5.45. The maximum atomic E-state index is 9.19. The quantitative estimate of drug-likeness (QED) is 0.875. The molecule has 1 aliphatic heterocycles. The van der Waals surface area contributed by atoms with Crippen LogP contribution in [0.3, 0.4) is 0 Å². The van der Waals surface area contributed by atoms with Gasteiger partial charge in [0.05, 0.1) is 10.0 Å². The molecule has 0 bridgehead atoms. The molecule has 1 aromatic carbocycles. The Labute approximate surface area is 106 Å².